The van der Waals surface area contributed by atoms with Crippen LogP contribution in [0.3, 0.4) is 0 Å². The minimum absolute atomic E-state index is 0.187. The van der Waals surface area contributed by atoms with Gasteiger partial charge < -0.3 is 10.4 Å². The fourth-order valence-electron chi connectivity index (χ4n) is 1.85. The molecule has 3 heteroatoms. The molecule has 0 fully saturated rings. The van der Waals surface area contributed by atoms with Crippen molar-refractivity contribution in [2.24, 2.45) is 0 Å². The number of aliphatic hydroxyl groups is 1. The monoisotopic (exact) mass is 248 g/mol. The summed E-state index contributed by atoms with van der Waals surface area (Å²) in [7, 11) is 0. The highest BCUT2D eigenvalue weighted by molar-refractivity contribution is 5.22. The molecule has 18 heavy (non-hydrogen) atoms. The lowest BCUT2D eigenvalue weighted by Crippen LogP contribution is -2.26. The summed E-state index contributed by atoms with van der Waals surface area (Å²) in [4.78, 5) is 2.17. The molecule has 0 radical (unpaired) electrons. The summed E-state index contributed by atoms with van der Waals surface area (Å²) in [6.45, 7) is 10.3. The van der Waals surface area contributed by atoms with Gasteiger partial charge in [0.25, 0.3) is 0 Å². The molecule has 0 saturated carbocycles. The molecule has 0 unspecified atom stereocenters. The Morgan fingerprint density at radius 1 is 1.28 bits per heavy atom. The molecule has 0 amide bonds. The van der Waals surface area contributed by atoms with Gasteiger partial charge in [0.05, 0.1) is 6.61 Å². The summed E-state index contributed by atoms with van der Waals surface area (Å²) >= 11 is 0. The molecule has 0 bridgehead atoms. The van der Waals surface area contributed by atoms with E-state index < -0.39 is 0 Å². The molecule has 2 N–H and O–H groups in total. The van der Waals surface area contributed by atoms with Crippen LogP contribution in [0.15, 0.2) is 36.9 Å². The number of benzene rings is 1. The van der Waals surface area contributed by atoms with Crippen molar-refractivity contribution < 1.29 is 5.11 Å². The first-order chi connectivity index (χ1) is 8.80. The van der Waals surface area contributed by atoms with E-state index in [1.165, 1.54) is 11.1 Å². The molecular weight excluding hydrogens is 224 g/mol. The van der Waals surface area contributed by atoms with Gasteiger partial charge in [-0.1, -0.05) is 37.3 Å². The normalized spacial score (nSPS) is 10.8. The van der Waals surface area contributed by atoms with E-state index in [4.69, 9.17) is 5.11 Å². The molecule has 0 heterocycles. The minimum atomic E-state index is 0.187. The second-order valence-corrected chi connectivity index (χ2v) is 4.34. The fourth-order valence-corrected chi connectivity index (χ4v) is 1.85. The molecule has 0 saturated heterocycles. The molecule has 0 aliphatic carbocycles. The van der Waals surface area contributed by atoms with Crippen LogP contribution < -0.4 is 5.32 Å². The van der Waals surface area contributed by atoms with Gasteiger partial charge in [0, 0.05) is 26.2 Å². The van der Waals surface area contributed by atoms with Crippen LogP contribution in [0.25, 0.3) is 0 Å². The molecule has 1 rings (SSSR count). The van der Waals surface area contributed by atoms with Crippen molar-refractivity contribution in [2.45, 2.75) is 20.0 Å². The van der Waals surface area contributed by atoms with Gasteiger partial charge in [-0.3, -0.25) is 4.90 Å². The lowest BCUT2D eigenvalue weighted by Gasteiger charge is -2.19. The first-order valence-corrected chi connectivity index (χ1v) is 6.52. The van der Waals surface area contributed by atoms with Crippen molar-refractivity contribution in [3.63, 3.8) is 0 Å². The molecule has 100 valence electrons. The van der Waals surface area contributed by atoms with E-state index in [9.17, 15) is 0 Å². The summed E-state index contributed by atoms with van der Waals surface area (Å²) < 4.78 is 0. The van der Waals surface area contributed by atoms with Crippen LogP contribution in [0.5, 0.6) is 0 Å². The molecule has 0 aliphatic heterocycles. The van der Waals surface area contributed by atoms with Crippen LogP contribution in [-0.2, 0) is 13.1 Å². The number of hydrogen-bond donors (Lipinski definition) is 2. The maximum absolute atomic E-state index is 9.00. The van der Waals surface area contributed by atoms with E-state index in [1.54, 1.807) is 0 Å². The van der Waals surface area contributed by atoms with Crippen LogP contribution in [0.4, 0.5) is 0 Å². The Balaban J connectivity index is 2.52. The maximum atomic E-state index is 9.00. The average Bonchev–Trinajstić information content (AvgIpc) is 2.38. The van der Waals surface area contributed by atoms with Gasteiger partial charge in [-0.05, 0) is 17.7 Å². The number of nitrogens with one attached hydrogen (secondary N) is 1. The van der Waals surface area contributed by atoms with Gasteiger partial charge in [0.2, 0.25) is 0 Å². The number of aliphatic hydroxyl groups excluding tert-OH is 1. The van der Waals surface area contributed by atoms with E-state index in [1.807, 2.05) is 6.08 Å². The van der Waals surface area contributed by atoms with Crippen LogP contribution in [0.1, 0.15) is 18.1 Å². The third kappa shape index (κ3) is 5.45. The van der Waals surface area contributed by atoms with E-state index in [0.29, 0.717) is 6.54 Å². The lowest BCUT2D eigenvalue weighted by atomic mass is 10.1. The Kier molecular flexibility index (Phi) is 7.34. The first kappa shape index (κ1) is 14.9. The lowest BCUT2D eigenvalue weighted by molar-refractivity contribution is 0.203. The van der Waals surface area contributed by atoms with Crippen molar-refractivity contribution in [2.75, 3.05) is 26.2 Å². The standard InChI is InChI=1S/C15H24N2O/c1-3-9-17(10-11-18)13-15-7-5-14(6-8-15)12-16-4-2/h3,5-8,16,18H,1,4,9-13H2,2H3. The second-order valence-electron chi connectivity index (χ2n) is 4.34. The molecule has 1 aromatic rings. The highest BCUT2D eigenvalue weighted by Gasteiger charge is 2.03. The van der Waals surface area contributed by atoms with Crippen molar-refractivity contribution in [1.82, 2.24) is 10.2 Å². The van der Waals surface area contributed by atoms with Gasteiger partial charge in [-0.25, -0.2) is 0 Å². The zero-order valence-corrected chi connectivity index (χ0v) is 11.2. The Labute approximate surface area is 110 Å². The van der Waals surface area contributed by atoms with Crippen molar-refractivity contribution in [3.05, 3.63) is 48.0 Å². The van der Waals surface area contributed by atoms with Crippen LogP contribution >= 0.6 is 0 Å². The van der Waals surface area contributed by atoms with Crippen LogP contribution in [-0.4, -0.2) is 36.2 Å². The van der Waals surface area contributed by atoms with Crippen molar-refractivity contribution in [3.8, 4) is 0 Å². The van der Waals surface area contributed by atoms with Crippen LogP contribution in [0.2, 0.25) is 0 Å². The number of rotatable bonds is 9. The minimum Gasteiger partial charge on any atom is -0.395 e. The van der Waals surface area contributed by atoms with Crippen molar-refractivity contribution in [1.29, 1.82) is 0 Å². The van der Waals surface area contributed by atoms with Gasteiger partial charge in [0.1, 0.15) is 0 Å². The average molecular weight is 248 g/mol. The molecular formula is C15H24N2O. The molecule has 0 spiro atoms. The van der Waals surface area contributed by atoms with Gasteiger partial charge in [0.15, 0.2) is 0 Å². The predicted molar refractivity (Wildman–Crippen MR) is 76.4 cm³/mol. The molecule has 3 nitrogen and oxygen atoms in total. The third-order valence-electron chi connectivity index (χ3n) is 2.81. The number of nitrogens with zero attached hydrogens (tertiary/aromatic N) is 1. The maximum Gasteiger partial charge on any atom is 0.0558 e. The highest BCUT2D eigenvalue weighted by atomic mass is 16.3. The fraction of sp³-hybridized carbons (Fsp3) is 0.467. The Morgan fingerprint density at radius 3 is 2.50 bits per heavy atom. The van der Waals surface area contributed by atoms with E-state index in [0.717, 1.165) is 26.2 Å². The predicted octanol–water partition coefficient (Wildman–Crippen LogP) is 1.78. The summed E-state index contributed by atoms with van der Waals surface area (Å²) in [5, 5.41) is 12.3. The molecule has 0 atom stereocenters. The summed E-state index contributed by atoms with van der Waals surface area (Å²) in [5.41, 5.74) is 2.57. The largest absolute Gasteiger partial charge is 0.395 e. The van der Waals surface area contributed by atoms with Gasteiger partial charge >= 0.3 is 0 Å². The summed E-state index contributed by atoms with van der Waals surface area (Å²) in [5.74, 6) is 0. The molecule has 0 aromatic heterocycles. The second kappa shape index (κ2) is 8.86. The Bertz CT molecular complexity index is 335. The zero-order valence-electron chi connectivity index (χ0n) is 11.2. The SMILES string of the molecule is C=CCN(CCO)Cc1ccc(CNCC)cc1. The summed E-state index contributed by atoms with van der Waals surface area (Å²) in [6.07, 6.45) is 1.87. The summed E-state index contributed by atoms with van der Waals surface area (Å²) in [6, 6.07) is 8.62. The highest BCUT2D eigenvalue weighted by Crippen LogP contribution is 2.07. The van der Waals surface area contributed by atoms with E-state index >= 15 is 0 Å². The third-order valence-corrected chi connectivity index (χ3v) is 2.81. The zero-order chi connectivity index (χ0) is 13.2. The Morgan fingerprint density at radius 2 is 1.94 bits per heavy atom. The van der Waals surface area contributed by atoms with Gasteiger partial charge in [-0.2, -0.15) is 0 Å². The topological polar surface area (TPSA) is 35.5 Å². The number of hydrogen-bond acceptors (Lipinski definition) is 3. The smallest absolute Gasteiger partial charge is 0.0558 e. The van der Waals surface area contributed by atoms with E-state index in [-0.39, 0.29) is 6.61 Å². The van der Waals surface area contributed by atoms with Gasteiger partial charge in [-0.15, -0.1) is 6.58 Å². The van der Waals surface area contributed by atoms with Crippen molar-refractivity contribution >= 4 is 0 Å². The first-order valence-electron chi connectivity index (χ1n) is 6.52. The van der Waals surface area contributed by atoms with E-state index in [2.05, 4.69) is 48.0 Å². The molecule has 1 aromatic carbocycles. The quantitative estimate of drug-likeness (QED) is 0.654. The van der Waals surface area contributed by atoms with Crippen LogP contribution in [0, 0.1) is 0 Å². The molecule has 0 aliphatic rings. The Hall–Kier alpha value is -1.16.